The van der Waals surface area contributed by atoms with Crippen molar-refractivity contribution in [2.75, 3.05) is 6.61 Å². The summed E-state index contributed by atoms with van der Waals surface area (Å²) in [5, 5.41) is 2.13. The van der Waals surface area contributed by atoms with Gasteiger partial charge in [0.05, 0.1) is 6.10 Å². The number of carbonyl (C=O) groups is 1. The zero-order valence-electron chi connectivity index (χ0n) is 25.8. The number of rotatable bonds is 12. The van der Waals surface area contributed by atoms with Gasteiger partial charge in [0.15, 0.2) is 0 Å². The molecule has 1 saturated heterocycles. The number of hydrogen-bond acceptors (Lipinski definition) is 5. The first kappa shape index (κ1) is 44.0. The fraction of sp³-hybridized carbons (Fsp3) is 0.658. The SMILES string of the molecule is C.C.C.C.CCC(CC(C)c1ccc(C(COC(=O)OC(C)C)ON2C(C)(C)CCCC2(C)C)cc1)c1ccc(CCl)cc1. The van der Waals surface area contributed by atoms with Crippen molar-refractivity contribution in [3.8, 4) is 0 Å². The molecule has 1 aliphatic heterocycles. The molecular formula is C38H66ClNO4. The summed E-state index contributed by atoms with van der Waals surface area (Å²) in [6, 6.07) is 17.3. The highest BCUT2D eigenvalue weighted by atomic mass is 35.5. The number of halogens is 1. The Morgan fingerprint density at radius 3 is 1.82 bits per heavy atom. The van der Waals surface area contributed by atoms with Crippen LogP contribution in [0.1, 0.15) is 157 Å². The lowest BCUT2D eigenvalue weighted by molar-refractivity contribution is -0.311. The minimum atomic E-state index is -0.671. The number of piperidine rings is 1. The van der Waals surface area contributed by atoms with E-state index in [1.807, 2.05) is 13.8 Å². The molecule has 0 spiro atoms. The number of hydroxylamine groups is 2. The topological polar surface area (TPSA) is 48.0 Å². The zero-order chi connectivity index (χ0) is 29.5. The minimum Gasteiger partial charge on any atom is -0.432 e. The molecule has 0 amide bonds. The van der Waals surface area contributed by atoms with E-state index in [0.717, 1.165) is 43.2 Å². The maximum atomic E-state index is 12.2. The molecule has 2 aromatic carbocycles. The molecule has 3 unspecified atom stereocenters. The summed E-state index contributed by atoms with van der Waals surface area (Å²) in [4.78, 5) is 19.0. The van der Waals surface area contributed by atoms with Crippen LogP contribution in [0.5, 0.6) is 0 Å². The van der Waals surface area contributed by atoms with Gasteiger partial charge in [-0.25, -0.2) is 4.79 Å². The van der Waals surface area contributed by atoms with Gasteiger partial charge in [0.2, 0.25) is 0 Å². The quantitative estimate of drug-likeness (QED) is 0.171. The van der Waals surface area contributed by atoms with Crippen LogP contribution in [0, 0.1) is 0 Å². The summed E-state index contributed by atoms with van der Waals surface area (Å²) < 4.78 is 10.8. The molecule has 5 nitrogen and oxygen atoms in total. The fourth-order valence-electron chi connectivity index (χ4n) is 5.97. The maximum absolute atomic E-state index is 12.2. The third-order valence-corrected chi connectivity index (χ3v) is 8.52. The Kier molecular flexibility index (Phi) is 19.5. The van der Waals surface area contributed by atoms with Crippen LogP contribution in [-0.2, 0) is 20.2 Å². The molecule has 0 N–H and O–H groups in total. The number of benzene rings is 2. The molecule has 3 rings (SSSR count). The molecule has 1 aliphatic rings. The van der Waals surface area contributed by atoms with Crippen LogP contribution in [0.25, 0.3) is 0 Å². The molecule has 1 heterocycles. The lowest BCUT2D eigenvalue weighted by atomic mass is 9.82. The van der Waals surface area contributed by atoms with E-state index >= 15 is 0 Å². The number of ether oxygens (including phenoxy) is 2. The first-order valence-electron chi connectivity index (χ1n) is 14.9. The molecule has 254 valence electrons. The Morgan fingerprint density at radius 2 is 1.34 bits per heavy atom. The lowest BCUT2D eigenvalue weighted by Gasteiger charge is -2.52. The van der Waals surface area contributed by atoms with Gasteiger partial charge in [-0.05, 0) is 108 Å². The van der Waals surface area contributed by atoms with E-state index in [9.17, 15) is 4.79 Å². The molecule has 44 heavy (non-hydrogen) atoms. The second-order valence-corrected chi connectivity index (χ2v) is 13.1. The smallest absolute Gasteiger partial charge is 0.432 e. The second-order valence-electron chi connectivity index (χ2n) is 12.9. The van der Waals surface area contributed by atoms with Gasteiger partial charge in [-0.3, -0.25) is 4.84 Å². The van der Waals surface area contributed by atoms with E-state index in [2.05, 4.69) is 95.1 Å². The summed E-state index contributed by atoms with van der Waals surface area (Å²) in [5.74, 6) is 1.42. The van der Waals surface area contributed by atoms with E-state index < -0.39 is 12.3 Å². The van der Waals surface area contributed by atoms with Crippen LogP contribution < -0.4 is 0 Å². The predicted octanol–water partition coefficient (Wildman–Crippen LogP) is 12.2. The summed E-state index contributed by atoms with van der Waals surface area (Å²) >= 11 is 5.99. The number of hydrogen-bond donors (Lipinski definition) is 0. The van der Waals surface area contributed by atoms with E-state index in [4.69, 9.17) is 25.9 Å². The Bertz CT molecular complexity index is 1050. The van der Waals surface area contributed by atoms with E-state index in [1.165, 1.54) is 11.1 Å². The van der Waals surface area contributed by atoms with Crippen LogP contribution in [0.3, 0.4) is 0 Å². The third-order valence-electron chi connectivity index (χ3n) is 8.21. The highest BCUT2D eigenvalue weighted by molar-refractivity contribution is 6.17. The molecule has 6 heteroatoms. The molecule has 3 atom stereocenters. The summed E-state index contributed by atoms with van der Waals surface area (Å²) in [6.07, 6.45) is 4.05. The molecular weight excluding hydrogens is 570 g/mol. The largest absolute Gasteiger partial charge is 0.508 e. The van der Waals surface area contributed by atoms with Crippen molar-refractivity contribution in [2.24, 2.45) is 0 Å². The van der Waals surface area contributed by atoms with Gasteiger partial charge >= 0.3 is 6.16 Å². The molecule has 0 bridgehead atoms. The Labute approximate surface area is 277 Å². The Balaban J connectivity index is 0. The van der Waals surface area contributed by atoms with Crippen molar-refractivity contribution in [3.05, 3.63) is 70.8 Å². The van der Waals surface area contributed by atoms with Crippen molar-refractivity contribution in [1.29, 1.82) is 0 Å². The highest BCUT2D eigenvalue weighted by Gasteiger charge is 2.44. The fourth-order valence-corrected chi connectivity index (χ4v) is 6.14. The van der Waals surface area contributed by atoms with Crippen LogP contribution in [0.15, 0.2) is 48.5 Å². The summed E-state index contributed by atoms with van der Waals surface area (Å²) in [6.45, 7) is 17.1. The van der Waals surface area contributed by atoms with Crippen molar-refractivity contribution in [1.82, 2.24) is 5.06 Å². The Hall–Kier alpha value is -2.08. The van der Waals surface area contributed by atoms with Gasteiger partial charge in [0, 0.05) is 17.0 Å². The normalized spacial score (nSPS) is 17.4. The van der Waals surface area contributed by atoms with Gasteiger partial charge in [-0.2, -0.15) is 5.06 Å². The predicted molar refractivity (Wildman–Crippen MR) is 191 cm³/mol. The second kappa shape index (κ2) is 19.4. The van der Waals surface area contributed by atoms with E-state index in [1.54, 1.807) is 0 Å². The van der Waals surface area contributed by atoms with Gasteiger partial charge in [-0.1, -0.05) is 92.1 Å². The summed E-state index contributed by atoms with van der Waals surface area (Å²) in [5.41, 5.74) is 4.52. The highest BCUT2D eigenvalue weighted by Crippen LogP contribution is 2.41. The van der Waals surface area contributed by atoms with Crippen molar-refractivity contribution in [3.63, 3.8) is 0 Å². The van der Waals surface area contributed by atoms with Gasteiger partial charge in [0.1, 0.15) is 12.7 Å². The average molecular weight is 636 g/mol. The monoisotopic (exact) mass is 635 g/mol. The lowest BCUT2D eigenvalue weighted by Crippen LogP contribution is -2.58. The number of nitrogens with zero attached hydrogens (tertiary/aromatic N) is 1. The molecule has 0 saturated carbocycles. The van der Waals surface area contributed by atoms with E-state index in [0.29, 0.717) is 17.7 Å². The summed E-state index contributed by atoms with van der Waals surface area (Å²) in [7, 11) is 0. The first-order valence-corrected chi connectivity index (χ1v) is 15.4. The zero-order valence-corrected chi connectivity index (χ0v) is 26.6. The minimum absolute atomic E-state index is 0. The van der Waals surface area contributed by atoms with Gasteiger partial charge in [0.25, 0.3) is 0 Å². The maximum Gasteiger partial charge on any atom is 0.508 e. The van der Waals surface area contributed by atoms with Crippen LogP contribution >= 0.6 is 11.6 Å². The molecule has 2 aromatic rings. The average Bonchev–Trinajstić information content (AvgIpc) is 2.90. The number of carbonyl (C=O) groups excluding carboxylic acids is 1. The van der Waals surface area contributed by atoms with Gasteiger partial charge in [-0.15, -0.1) is 11.6 Å². The number of alkyl halides is 1. The first-order chi connectivity index (χ1) is 18.9. The van der Waals surface area contributed by atoms with Crippen molar-refractivity contribution < 1.29 is 19.1 Å². The Morgan fingerprint density at radius 1 is 0.841 bits per heavy atom. The van der Waals surface area contributed by atoms with E-state index in [-0.39, 0.29) is 53.5 Å². The van der Waals surface area contributed by atoms with Crippen molar-refractivity contribution in [2.45, 2.75) is 158 Å². The van der Waals surface area contributed by atoms with Crippen LogP contribution in [-0.4, -0.2) is 35.0 Å². The van der Waals surface area contributed by atoms with Crippen molar-refractivity contribution >= 4 is 17.8 Å². The van der Waals surface area contributed by atoms with Gasteiger partial charge < -0.3 is 9.47 Å². The standard InChI is InChI=1S/C34H50ClNO4.4CH4/c1-9-27(29-13-11-26(22-35)12-14-29)21-25(4)28-15-17-30(18-16-28)31(23-38-32(37)39-24(2)3)40-36-33(5,6)19-10-20-34(36,7)8;;;;/h11-18,24-25,27,31H,9-10,19-23H2,1-8H3;4*1H4. The molecule has 1 fully saturated rings. The third kappa shape index (κ3) is 12.0. The van der Waals surface area contributed by atoms with Crippen LogP contribution in [0.4, 0.5) is 4.79 Å². The molecule has 0 aliphatic carbocycles. The molecule has 0 aromatic heterocycles. The van der Waals surface area contributed by atoms with Crippen LogP contribution in [0.2, 0.25) is 0 Å². The molecule has 0 radical (unpaired) electrons.